The number of nitrogens with one attached hydrogen (secondary N) is 2. The molecule has 1 unspecified atom stereocenters. The number of benzene rings is 2. The van der Waals surface area contributed by atoms with Crippen molar-refractivity contribution in [3.05, 3.63) is 53.1 Å². The van der Waals surface area contributed by atoms with E-state index in [1.807, 2.05) is 25.2 Å². The minimum atomic E-state index is -3.44. The number of aliphatic hydroxyl groups is 1. The molecule has 2 amide bonds. The third-order valence-corrected chi connectivity index (χ3v) is 7.28. The highest BCUT2D eigenvalue weighted by Gasteiger charge is 2.25. The molecule has 4 rings (SSSR count). The molecule has 2 aliphatic rings. The van der Waals surface area contributed by atoms with Gasteiger partial charge in [0, 0.05) is 38.1 Å². The van der Waals surface area contributed by atoms with Crippen LogP contribution in [0, 0.1) is 0 Å². The fraction of sp³-hybridized carbons (Fsp3) is 0.391. The van der Waals surface area contributed by atoms with Gasteiger partial charge >= 0.3 is 11.8 Å². The number of rotatable bonds is 5. The van der Waals surface area contributed by atoms with Crippen molar-refractivity contribution in [2.24, 2.45) is 0 Å². The van der Waals surface area contributed by atoms with Crippen molar-refractivity contribution < 1.29 is 23.1 Å². The summed E-state index contributed by atoms with van der Waals surface area (Å²) in [6.45, 7) is 1.20. The van der Waals surface area contributed by atoms with Gasteiger partial charge in [-0.05, 0) is 54.2 Å². The molecule has 0 aliphatic carbocycles. The van der Waals surface area contributed by atoms with Gasteiger partial charge in [-0.1, -0.05) is 18.2 Å². The molecule has 0 radical (unpaired) electrons. The molecule has 176 valence electrons. The Labute approximate surface area is 193 Å². The zero-order valence-corrected chi connectivity index (χ0v) is 19.5. The fourth-order valence-electron chi connectivity index (χ4n) is 4.33. The molecule has 0 saturated carbocycles. The van der Waals surface area contributed by atoms with Gasteiger partial charge in [-0.25, -0.2) is 8.42 Å². The average molecular weight is 473 g/mol. The van der Waals surface area contributed by atoms with Gasteiger partial charge in [0.1, 0.15) is 0 Å². The zero-order valence-electron chi connectivity index (χ0n) is 18.7. The number of nitrogens with zero attached hydrogens (tertiary/aromatic N) is 2. The summed E-state index contributed by atoms with van der Waals surface area (Å²) in [5, 5.41) is 15.4. The molecule has 1 atom stereocenters. The molecule has 3 N–H and O–H groups in total. The molecular weight excluding hydrogens is 444 g/mol. The number of aliphatic hydroxyl groups excluding tert-OH is 1. The van der Waals surface area contributed by atoms with Crippen LogP contribution >= 0.6 is 0 Å². The summed E-state index contributed by atoms with van der Waals surface area (Å²) in [5.74, 6) is -1.77. The van der Waals surface area contributed by atoms with Crippen LogP contribution in [0.15, 0.2) is 36.4 Å². The van der Waals surface area contributed by atoms with E-state index < -0.39 is 27.9 Å². The first kappa shape index (κ1) is 23.1. The molecule has 2 heterocycles. The highest BCUT2D eigenvalue weighted by Crippen LogP contribution is 2.32. The molecule has 0 aromatic heterocycles. The van der Waals surface area contributed by atoms with Crippen LogP contribution in [0.4, 0.5) is 17.1 Å². The molecule has 9 nitrogen and oxygen atoms in total. The Kier molecular flexibility index (Phi) is 6.31. The largest absolute Gasteiger partial charge is 0.387 e. The highest BCUT2D eigenvalue weighted by atomic mass is 32.2. The van der Waals surface area contributed by atoms with Gasteiger partial charge in [-0.3, -0.25) is 13.9 Å². The van der Waals surface area contributed by atoms with E-state index in [4.69, 9.17) is 0 Å². The van der Waals surface area contributed by atoms with E-state index in [0.29, 0.717) is 23.5 Å². The third-order valence-electron chi connectivity index (χ3n) is 6.10. The van der Waals surface area contributed by atoms with Gasteiger partial charge in [0.25, 0.3) is 0 Å². The quantitative estimate of drug-likeness (QED) is 0.563. The lowest BCUT2D eigenvalue weighted by Crippen LogP contribution is -2.38. The number of anilines is 3. The van der Waals surface area contributed by atoms with Gasteiger partial charge in [-0.15, -0.1) is 0 Å². The van der Waals surface area contributed by atoms with Crippen LogP contribution in [-0.2, 0) is 32.5 Å². The summed E-state index contributed by atoms with van der Waals surface area (Å²) in [6.07, 6.45) is 2.57. The molecule has 33 heavy (non-hydrogen) atoms. The smallest absolute Gasteiger partial charge is 0.313 e. The van der Waals surface area contributed by atoms with Crippen LogP contribution < -0.4 is 19.8 Å². The predicted molar refractivity (Wildman–Crippen MR) is 127 cm³/mol. The zero-order chi connectivity index (χ0) is 23.8. The number of carbonyl (C=O) groups excluding carboxylic acids is 2. The number of carbonyl (C=O) groups is 2. The first-order chi connectivity index (χ1) is 15.6. The van der Waals surface area contributed by atoms with E-state index in [0.717, 1.165) is 48.9 Å². The summed E-state index contributed by atoms with van der Waals surface area (Å²) in [6, 6.07) is 10.7. The van der Waals surface area contributed by atoms with E-state index in [9.17, 15) is 23.1 Å². The van der Waals surface area contributed by atoms with Gasteiger partial charge in [0.05, 0.1) is 18.0 Å². The number of hydrogen-bond acceptors (Lipinski definition) is 6. The van der Waals surface area contributed by atoms with Crippen molar-refractivity contribution in [3.8, 4) is 0 Å². The maximum Gasteiger partial charge on any atom is 0.313 e. The van der Waals surface area contributed by atoms with Crippen molar-refractivity contribution >= 4 is 38.9 Å². The molecule has 0 bridgehead atoms. The Bertz CT molecular complexity index is 1200. The summed E-state index contributed by atoms with van der Waals surface area (Å²) >= 11 is 0. The summed E-state index contributed by atoms with van der Waals surface area (Å²) in [4.78, 5) is 26.8. The van der Waals surface area contributed by atoms with Gasteiger partial charge in [0.15, 0.2) is 0 Å². The molecule has 0 fully saturated rings. The van der Waals surface area contributed by atoms with Crippen LogP contribution in [0.2, 0.25) is 0 Å². The van der Waals surface area contributed by atoms with Gasteiger partial charge in [-0.2, -0.15) is 0 Å². The number of hydrogen-bond donors (Lipinski definition) is 3. The van der Waals surface area contributed by atoms with E-state index in [-0.39, 0.29) is 6.54 Å². The van der Waals surface area contributed by atoms with Crippen LogP contribution in [0.25, 0.3) is 0 Å². The first-order valence-corrected chi connectivity index (χ1v) is 12.7. The van der Waals surface area contributed by atoms with E-state index in [1.165, 1.54) is 4.31 Å². The van der Waals surface area contributed by atoms with Crippen LogP contribution in [0.5, 0.6) is 0 Å². The third kappa shape index (κ3) is 4.96. The minimum Gasteiger partial charge on any atom is -0.387 e. The predicted octanol–water partition coefficient (Wildman–Crippen LogP) is 1.18. The topological polar surface area (TPSA) is 119 Å². The lowest BCUT2D eigenvalue weighted by atomic mass is 10.0. The summed E-state index contributed by atoms with van der Waals surface area (Å²) < 4.78 is 25.5. The van der Waals surface area contributed by atoms with Crippen LogP contribution in [0.1, 0.15) is 29.2 Å². The Morgan fingerprint density at radius 3 is 2.58 bits per heavy atom. The Balaban J connectivity index is 1.37. The monoisotopic (exact) mass is 472 g/mol. The van der Waals surface area contributed by atoms with E-state index in [2.05, 4.69) is 15.5 Å². The Morgan fingerprint density at radius 2 is 1.82 bits per heavy atom. The van der Waals surface area contributed by atoms with Crippen molar-refractivity contribution in [3.63, 3.8) is 0 Å². The number of likely N-dealkylation sites (N-methyl/N-ethyl adjacent to an activating group) is 1. The second kappa shape index (κ2) is 9.03. The first-order valence-electron chi connectivity index (χ1n) is 10.9. The number of sulfonamides is 1. The lowest BCUT2D eigenvalue weighted by Gasteiger charge is -2.29. The number of amides is 2. The Hall–Kier alpha value is -3.11. The molecule has 0 spiro atoms. The second-order valence-corrected chi connectivity index (χ2v) is 10.4. The average Bonchev–Trinajstić information content (AvgIpc) is 3.16. The highest BCUT2D eigenvalue weighted by molar-refractivity contribution is 7.92. The number of aryl methyl sites for hydroxylation is 1. The maximum absolute atomic E-state index is 12.4. The normalized spacial score (nSPS) is 16.1. The van der Waals surface area contributed by atoms with Crippen LogP contribution in [0.3, 0.4) is 0 Å². The fourth-order valence-corrected chi connectivity index (χ4v) is 5.32. The molecule has 10 heteroatoms. The van der Waals surface area contributed by atoms with Crippen molar-refractivity contribution in [2.75, 3.05) is 47.5 Å². The molecule has 2 aromatic carbocycles. The maximum atomic E-state index is 12.4. The van der Waals surface area contributed by atoms with E-state index in [1.54, 1.807) is 18.2 Å². The lowest BCUT2D eigenvalue weighted by molar-refractivity contribution is -0.136. The van der Waals surface area contributed by atoms with Crippen molar-refractivity contribution in [1.82, 2.24) is 5.32 Å². The summed E-state index contributed by atoms with van der Waals surface area (Å²) in [7, 11) is -1.43. The van der Waals surface area contributed by atoms with Crippen molar-refractivity contribution in [2.45, 2.75) is 25.4 Å². The minimum absolute atomic E-state index is 0.104. The SMILES string of the molecule is CN1CCc2cc(C(O)CNC(=O)C(=O)Nc3ccc4c(c3)N(S(C)(=O)=O)CCC4)ccc21. The van der Waals surface area contributed by atoms with Gasteiger partial charge in [0.2, 0.25) is 10.0 Å². The van der Waals surface area contributed by atoms with Crippen molar-refractivity contribution in [1.29, 1.82) is 0 Å². The standard InChI is InChI=1S/C23H28N4O5S/c1-26-11-9-16-12-17(6-8-19(16)26)21(28)14-24-22(29)23(30)25-18-7-5-15-4-3-10-27(20(15)13-18)33(2,31)32/h5-8,12-13,21,28H,3-4,9-11,14H2,1-2H3,(H,24,29)(H,25,30). The van der Waals surface area contributed by atoms with E-state index >= 15 is 0 Å². The summed E-state index contributed by atoms with van der Waals surface area (Å²) in [5.41, 5.74) is 4.67. The molecule has 0 saturated heterocycles. The molecule has 2 aromatic rings. The second-order valence-electron chi connectivity index (χ2n) is 8.52. The molecular formula is C23H28N4O5S. The Morgan fingerprint density at radius 1 is 1.03 bits per heavy atom. The van der Waals surface area contributed by atoms with Gasteiger partial charge < -0.3 is 20.6 Å². The number of fused-ring (bicyclic) bond motifs is 2. The van der Waals surface area contributed by atoms with Crippen LogP contribution in [-0.4, -0.2) is 58.3 Å². The molecule has 2 aliphatic heterocycles.